The van der Waals surface area contributed by atoms with Gasteiger partial charge in [-0.2, -0.15) is 0 Å². The van der Waals surface area contributed by atoms with E-state index >= 15 is 0 Å². The Bertz CT molecular complexity index is 1160. The summed E-state index contributed by atoms with van der Waals surface area (Å²) in [7, 11) is 0. The molecule has 1 atom stereocenters. The van der Waals surface area contributed by atoms with Crippen LogP contribution in [0.5, 0.6) is 0 Å². The molecule has 1 saturated heterocycles. The first kappa shape index (κ1) is 21.9. The van der Waals surface area contributed by atoms with E-state index in [1.54, 1.807) is 41.4 Å². The van der Waals surface area contributed by atoms with Gasteiger partial charge in [-0.25, -0.2) is 4.39 Å². The van der Waals surface area contributed by atoms with Crippen molar-refractivity contribution in [3.63, 3.8) is 0 Å². The Kier molecular flexibility index (Phi) is 6.43. The van der Waals surface area contributed by atoms with Crippen LogP contribution >= 0.6 is 23.8 Å². The molecular weight excluding hydrogens is 451 g/mol. The number of pyridine rings is 1. The van der Waals surface area contributed by atoms with Crippen molar-refractivity contribution in [2.24, 2.45) is 0 Å². The van der Waals surface area contributed by atoms with Crippen molar-refractivity contribution in [2.75, 3.05) is 10.2 Å². The number of hydrogen-bond acceptors (Lipinski definition) is 4. The van der Waals surface area contributed by atoms with Crippen LogP contribution in [-0.4, -0.2) is 32.9 Å². The standard InChI is InChI=1S/C23H18ClFN4O2S/c24-15-4-3-6-19(12-15)29-22(31)20(13-21(30)27-17-9-7-16(25)8-10-17)28(23(29)32)14-18-5-1-2-11-26-18/h1-12,20H,13-14H2,(H,27,30). The van der Waals surface area contributed by atoms with E-state index in [-0.39, 0.29) is 24.0 Å². The third-order valence-electron chi connectivity index (χ3n) is 4.95. The molecule has 1 aromatic heterocycles. The molecule has 6 nitrogen and oxygen atoms in total. The van der Waals surface area contributed by atoms with Gasteiger partial charge in [-0.3, -0.25) is 19.5 Å². The van der Waals surface area contributed by atoms with Gasteiger partial charge in [0.15, 0.2) is 5.11 Å². The minimum Gasteiger partial charge on any atom is -0.330 e. The highest BCUT2D eigenvalue weighted by Crippen LogP contribution is 2.30. The van der Waals surface area contributed by atoms with E-state index in [2.05, 4.69) is 10.3 Å². The van der Waals surface area contributed by atoms with Crippen molar-refractivity contribution in [3.8, 4) is 0 Å². The highest BCUT2D eigenvalue weighted by atomic mass is 35.5. The summed E-state index contributed by atoms with van der Waals surface area (Å²) in [6.45, 7) is 0.261. The molecule has 2 heterocycles. The maximum absolute atomic E-state index is 13.4. The lowest BCUT2D eigenvalue weighted by atomic mass is 10.1. The predicted octanol–water partition coefficient (Wildman–Crippen LogP) is 4.41. The molecule has 2 amide bonds. The van der Waals surface area contributed by atoms with E-state index in [4.69, 9.17) is 23.8 Å². The predicted molar refractivity (Wildman–Crippen MR) is 125 cm³/mol. The van der Waals surface area contributed by atoms with E-state index < -0.39 is 17.8 Å². The third kappa shape index (κ3) is 4.76. The van der Waals surface area contributed by atoms with Gasteiger partial charge in [0.25, 0.3) is 5.91 Å². The molecule has 0 saturated carbocycles. The minimum atomic E-state index is -0.830. The van der Waals surface area contributed by atoms with Crippen LogP contribution in [0.2, 0.25) is 5.02 Å². The van der Waals surface area contributed by atoms with Gasteiger partial charge < -0.3 is 10.2 Å². The number of amides is 2. The second-order valence-electron chi connectivity index (χ2n) is 7.16. The first-order chi connectivity index (χ1) is 15.4. The fourth-order valence-electron chi connectivity index (χ4n) is 3.45. The van der Waals surface area contributed by atoms with Crippen LogP contribution in [0.3, 0.4) is 0 Å². The molecule has 9 heteroatoms. The highest BCUT2D eigenvalue weighted by molar-refractivity contribution is 7.80. The quantitative estimate of drug-likeness (QED) is 0.543. The number of halogens is 2. The molecule has 4 rings (SSSR count). The first-order valence-corrected chi connectivity index (χ1v) is 10.6. The van der Waals surface area contributed by atoms with E-state index in [1.807, 2.05) is 12.1 Å². The summed E-state index contributed by atoms with van der Waals surface area (Å²) in [6.07, 6.45) is 1.52. The zero-order chi connectivity index (χ0) is 22.7. The topological polar surface area (TPSA) is 65.5 Å². The fraction of sp³-hybridized carbons (Fsp3) is 0.130. The van der Waals surface area contributed by atoms with Crippen LogP contribution < -0.4 is 10.2 Å². The van der Waals surface area contributed by atoms with Gasteiger partial charge in [-0.15, -0.1) is 0 Å². The van der Waals surface area contributed by atoms with Crippen molar-refractivity contribution < 1.29 is 14.0 Å². The van der Waals surface area contributed by atoms with Crippen molar-refractivity contribution in [2.45, 2.75) is 19.0 Å². The summed E-state index contributed by atoms with van der Waals surface area (Å²) in [4.78, 5) is 33.5. The van der Waals surface area contributed by atoms with Gasteiger partial charge in [0, 0.05) is 16.9 Å². The van der Waals surface area contributed by atoms with Crippen LogP contribution in [0.25, 0.3) is 0 Å². The molecule has 1 aliphatic heterocycles. The lowest BCUT2D eigenvalue weighted by Gasteiger charge is -2.23. The molecule has 2 aromatic carbocycles. The average Bonchev–Trinajstić information content (AvgIpc) is 3.00. The van der Waals surface area contributed by atoms with E-state index in [0.717, 1.165) is 0 Å². The molecule has 1 fully saturated rings. The van der Waals surface area contributed by atoms with Crippen LogP contribution in [0.1, 0.15) is 12.1 Å². The normalized spacial score (nSPS) is 15.9. The zero-order valence-corrected chi connectivity index (χ0v) is 18.3. The fourth-order valence-corrected chi connectivity index (χ4v) is 4.03. The number of benzene rings is 2. The van der Waals surface area contributed by atoms with Crippen LogP contribution in [0.15, 0.2) is 72.9 Å². The number of aromatic nitrogens is 1. The maximum atomic E-state index is 13.4. The van der Waals surface area contributed by atoms with E-state index in [9.17, 15) is 14.0 Å². The molecule has 0 bridgehead atoms. The average molecular weight is 469 g/mol. The van der Waals surface area contributed by atoms with Gasteiger partial charge in [0.1, 0.15) is 11.9 Å². The Balaban J connectivity index is 1.60. The summed E-state index contributed by atoms with van der Waals surface area (Å²) >= 11 is 11.7. The monoisotopic (exact) mass is 468 g/mol. The summed E-state index contributed by atoms with van der Waals surface area (Å²) in [5.41, 5.74) is 1.67. The number of rotatable bonds is 6. The lowest BCUT2D eigenvalue weighted by molar-refractivity contribution is -0.124. The molecule has 0 aliphatic carbocycles. The number of nitrogens with one attached hydrogen (secondary N) is 1. The number of nitrogens with zero attached hydrogens (tertiary/aromatic N) is 3. The summed E-state index contributed by atoms with van der Waals surface area (Å²) in [6, 6.07) is 16.8. The molecule has 1 unspecified atom stereocenters. The Morgan fingerprint density at radius 3 is 2.59 bits per heavy atom. The maximum Gasteiger partial charge on any atom is 0.256 e. The Morgan fingerprint density at radius 1 is 1.12 bits per heavy atom. The van der Waals surface area contributed by atoms with Crippen molar-refractivity contribution in [1.82, 2.24) is 9.88 Å². The number of carbonyl (C=O) groups is 2. The number of anilines is 2. The van der Waals surface area contributed by atoms with Crippen LogP contribution in [0, 0.1) is 5.82 Å². The second kappa shape index (κ2) is 9.42. The molecule has 3 aromatic rings. The highest BCUT2D eigenvalue weighted by Gasteiger charge is 2.44. The molecule has 0 spiro atoms. The summed E-state index contributed by atoms with van der Waals surface area (Å²) < 4.78 is 13.1. The Labute approximate surface area is 194 Å². The van der Waals surface area contributed by atoms with Gasteiger partial charge in [0.2, 0.25) is 5.91 Å². The Hall–Kier alpha value is -3.36. The number of hydrogen-bond donors (Lipinski definition) is 1. The zero-order valence-electron chi connectivity index (χ0n) is 16.7. The summed E-state index contributed by atoms with van der Waals surface area (Å²) in [5.74, 6) is -1.13. The van der Waals surface area contributed by atoms with Crippen LogP contribution in [-0.2, 0) is 16.1 Å². The van der Waals surface area contributed by atoms with Crippen molar-refractivity contribution >= 4 is 52.1 Å². The molecule has 162 valence electrons. The molecule has 32 heavy (non-hydrogen) atoms. The van der Waals surface area contributed by atoms with Crippen molar-refractivity contribution in [3.05, 3.63) is 89.5 Å². The number of thiocarbonyl (C=S) groups is 1. The largest absolute Gasteiger partial charge is 0.330 e. The van der Waals surface area contributed by atoms with E-state index in [1.165, 1.54) is 29.2 Å². The summed E-state index contributed by atoms with van der Waals surface area (Å²) in [5, 5.41) is 3.43. The lowest BCUT2D eigenvalue weighted by Crippen LogP contribution is -2.37. The van der Waals surface area contributed by atoms with Gasteiger partial charge in [0.05, 0.1) is 24.3 Å². The molecule has 1 aliphatic rings. The van der Waals surface area contributed by atoms with E-state index in [0.29, 0.717) is 22.1 Å². The second-order valence-corrected chi connectivity index (χ2v) is 7.96. The van der Waals surface area contributed by atoms with Crippen LogP contribution in [0.4, 0.5) is 15.8 Å². The van der Waals surface area contributed by atoms with Crippen molar-refractivity contribution in [1.29, 1.82) is 0 Å². The van der Waals surface area contributed by atoms with Gasteiger partial charge in [-0.1, -0.05) is 23.7 Å². The SMILES string of the molecule is O=C(CC1C(=O)N(c2cccc(Cl)c2)C(=S)N1Cc1ccccn1)Nc1ccc(F)cc1. The molecular formula is C23H18ClFN4O2S. The van der Waals surface area contributed by atoms with Gasteiger partial charge in [-0.05, 0) is 66.8 Å². The smallest absolute Gasteiger partial charge is 0.256 e. The third-order valence-corrected chi connectivity index (χ3v) is 5.60. The molecule has 1 N–H and O–H groups in total. The Morgan fingerprint density at radius 2 is 1.91 bits per heavy atom. The first-order valence-electron chi connectivity index (χ1n) is 9.78. The number of carbonyl (C=O) groups excluding carboxylic acids is 2. The van der Waals surface area contributed by atoms with Gasteiger partial charge >= 0.3 is 0 Å². The minimum absolute atomic E-state index is 0.139. The molecule has 0 radical (unpaired) electrons.